The summed E-state index contributed by atoms with van der Waals surface area (Å²) in [6.45, 7) is 2.89. The zero-order valence-electron chi connectivity index (χ0n) is 19.9. The maximum absolute atomic E-state index is 12.8. The Bertz CT molecular complexity index is 1030. The molecule has 2 aromatic rings. The number of hydrogen-bond donors (Lipinski definition) is 3. The van der Waals surface area contributed by atoms with Gasteiger partial charge in [0.2, 0.25) is 5.91 Å². The largest absolute Gasteiger partial charge is 0.481 e. The Labute approximate surface area is 205 Å². The van der Waals surface area contributed by atoms with Crippen molar-refractivity contribution in [3.63, 3.8) is 0 Å². The molecule has 35 heavy (non-hydrogen) atoms. The number of carbonyl (C=O) groups is 3. The van der Waals surface area contributed by atoms with Crippen molar-refractivity contribution in [3.05, 3.63) is 59.7 Å². The second-order valence-electron chi connectivity index (χ2n) is 9.29. The van der Waals surface area contributed by atoms with Gasteiger partial charge in [0.25, 0.3) is 0 Å². The molecule has 0 spiro atoms. The predicted octanol–water partition coefficient (Wildman–Crippen LogP) is 3.83. The maximum atomic E-state index is 12.8. The summed E-state index contributed by atoms with van der Waals surface area (Å²) < 4.78 is 10.9. The van der Waals surface area contributed by atoms with Crippen LogP contribution in [0.25, 0.3) is 11.1 Å². The molecule has 0 unspecified atom stereocenters. The molecule has 1 saturated heterocycles. The molecular weight excluding hydrogens is 448 g/mol. The summed E-state index contributed by atoms with van der Waals surface area (Å²) in [5.74, 6) is -1.30. The van der Waals surface area contributed by atoms with Gasteiger partial charge in [0.05, 0.1) is 12.0 Å². The number of benzene rings is 2. The van der Waals surface area contributed by atoms with E-state index < -0.39 is 23.6 Å². The van der Waals surface area contributed by atoms with Crippen LogP contribution in [0.15, 0.2) is 48.5 Å². The number of nitrogens with one attached hydrogen (secondary N) is 2. The molecule has 8 nitrogen and oxygen atoms in total. The van der Waals surface area contributed by atoms with E-state index in [1.807, 2.05) is 31.2 Å². The molecule has 0 saturated carbocycles. The van der Waals surface area contributed by atoms with E-state index in [0.29, 0.717) is 32.5 Å². The minimum absolute atomic E-state index is 0.0408. The predicted molar refractivity (Wildman–Crippen MR) is 130 cm³/mol. The number of carboxylic acids is 1. The maximum Gasteiger partial charge on any atom is 0.407 e. The van der Waals surface area contributed by atoms with E-state index >= 15 is 0 Å². The lowest BCUT2D eigenvalue weighted by Gasteiger charge is -2.37. The molecule has 8 heteroatoms. The molecule has 2 aliphatic rings. The molecular formula is C27H32N2O6. The van der Waals surface area contributed by atoms with Crippen molar-refractivity contribution in [3.8, 4) is 11.1 Å². The fourth-order valence-electron chi connectivity index (χ4n) is 5.07. The molecule has 186 valence electrons. The molecule has 1 aliphatic carbocycles. The highest BCUT2D eigenvalue weighted by molar-refractivity contribution is 5.80. The van der Waals surface area contributed by atoms with Gasteiger partial charge in [-0.3, -0.25) is 9.59 Å². The number of alkyl carbamates (subject to hydrolysis) is 1. The molecule has 3 N–H and O–H groups in total. The van der Waals surface area contributed by atoms with Crippen LogP contribution in [0.5, 0.6) is 0 Å². The molecule has 0 bridgehead atoms. The van der Waals surface area contributed by atoms with Gasteiger partial charge in [-0.1, -0.05) is 55.5 Å². The molecule has 4 rings (SSSR count). The van der Waals surface area contributed by atoms with Gasteiger partial charge < -0.3 is 25.2 Å². The van der Waals surface area contributed by atoms with Crippen molar-refractivity contribution >= 4 is 18.0 Å². The molecule has 2 amide bonds. The minimum atomic E-state index is -0.962. The number of ether oxygens (including phenoxy) is 2. The SMILES string of the molecule is CC[C@@H](CC(=O)NC1(CC(=O)O)CCOCC1)NC(=O)OCC1c2ccccc2-c2ccccc21. The lowest BCUT2D eigenvalue weighted by Crippen LogP contribution is -2.54. The van der Waals surface area contributed by atoms with Crippen LogP contribution in [-0.4, -0.2) is 54.5 Å². The first-order chi connectivity index (χ1) is 16.9. The molecule has 0 aromatic heterocycles. The highest BCUT2D eigenvalue weighted by atomic mass is 16.5. The van der Waals surface area contributed by atoms with Crippen molar-refractivity contribution in [1.82, 2.24) is 10.6 Å². The number of hydrogen-bond acceptors (Lipinski definition) is 5. The first-order valence-electron chi connectivity index (χ1n) is 12.1. The minimum Gasteiger partial charge on any atom is -0.481 e. The quantitative estimate of drug-likeness (QED) is 0.503. The van der Waals surface area contributed by atoms with E-state index in [0.717, 1.165) is 22.3 Å². The Balaban J connectivity index is 1.33. The number of fused-ring (bicyclic) bond motifs is 3. The summed E-state index contributed by atoms with van der Waals surface area (Å²) in [4.78, 5) is 36.7. The Morgan fingerprint density at radius 1 is 1.06 bits per heavy atom. The Kier molecular flexibility index (Phi) is 7.70. The summed E-state index contributed by atoms with van der Waals surface area (Å²) in [5, 5.41) is 15.0. The van der Waals surface area contributed by atoms with Gasteiger partial charge in [0, 0.05) is 31.6 Å². The van der Waals surface area contributed by atoms with E-state index in [1.54, 1.807) is 0 Å². The smallest absolute Gasteiger partial charge is 0.407 e. The fourth-order valence-corrected chi connectivity index (χ4v) is 5.07. The van der Waals surface area contributed by atoms with Crippen molar-refractivity contribution < 1.29 is 29.0 Å². The average molecular weight is 481 g/mol. The fraction of sp³-hybridized carbons (Fsp3) is 0.444. The number of amides is 2. The summed E-state index contributed by atoms with van der Waals surface area (Å²) in [6, 6.07) is 15.8. The van der Waals surface area contributed by atoms with Gasteiger partial charge in [-0.25, -0.2) is 4.79 Å². The number of carboxylic acid groups (broad SMARTS) is 1. The Morgan fingerprint density at radius 2 is 1.66 bits per heavy atom. The van der Waals surface area contributed by atoms with E-state index in [2.05, 4.69) is 34.9 Å². The van der Waals surface area contributed by atoms with Gasteiger partial charge in [-0.2, -0.15) is 0 Å². The van der Waals surface area contributed by atoms with Crippen LogP contribution in [0.2, 0.25) is 0 Å². The van der Waals surface area contributed by atoms with Crippen LogP contribution in [0.4, 0.5) is 4.79 Å². The molecule has 1 fully saturated rings. The zero-order chi connectivity index (χ0) is 24.8. The third kappa shape index (κ3) is 5.82. The Morgan fingerprint density at radius 3 is 2.23 bits per heavy atom. The van der Waals surface area contributed by atoms with E-state index in [4.69, 9.17) is 9.47 Å². The van der Waals surface area contributed by atoms with Crippen molar-refractivity contribution in [2.75, 3.05) is 19.8 Å². The molecule has 1 heterocycles. The summed E-state index contributed by atoms with van der Waals surface area (Å²) in [7, 11) is 0. The van der Waals surface area contributed by atoms with Crippen LogP contribution < -0.4 is 10.6 Å². The van der Waals surface area contributed by atoms with Crippen LogP contribution in [0.1, 0.15) is 56.1 Å². The van der Waals surface area contributed by atoms with Crippen molar-refractivity contribution in [2.24, 2.45) is 0 Å². The first kappa shape index (κ1) is 24.7. The van der Waals surface area contributed by atoms with Crippen molar-refractivity contribution in [1.29, 1.82) is 0 Å². The standard InChI is InChI=1S/C27H32N2O6/c1-2-18(15-24(30)29-27(16-25(31)32)11-13-34-14-12-27)28-26(33)35-17-23-21-9-5-3-7-19(21)20-8-4-6-10-22(20)23/h3-10,18,23H,2,11-17H2,1H3,(H,28,33)(H,29,30)(H,31,32)/t18-/m0/s1. The van der Waals surface area contributed by atoms with Gasteiger partial charge >= 0.3 is 12.1 Å². The molecule has 2 aromatic carbocycles. The summed E-state index contributed by atoms with van der Waals surface area (Å²) >= 11 is 0. The van der Waals surface area contributed by atoms with Crippen LogP contribution in [0.3, 0.4) is 0 Å². The lowest BCUT2D eigenvalue weighted by atomic mass is 9.86. The van der Waals surface area contributed by atoms with E-state index in [9.17, 15) is 19.5 Å². The average Bonchev–Trinajstić information content (AvgIpc) is 3.16. The van der Waals surface area contributed by atoms with Crippen LogP contribution in [0, 0.1) is 0 Å². The summed E-state index contributed by atoms with van der Waals surface area (Å²) in [6.07, 6.45) is 0.746. The van der Waals surface area contributed by atoms with Crippen molar-refractivity contribution in [2.45, 2.75) is 56.5 Å². The van der Waals surface area contributed by atoms with E-state index in [1.165, 1.54) is 0 Å². The third-order valence-corrected chi connectivity index (χ3v) is 6.93. The number of rotatable bonds is 9. The molecule has 1 atom stereocenters. The van der Waals surface area contributed by atoms with E-state index in [-0.39, 0.29) is 31.3 Å². The topological polar surface area (TPSA) is 114 Å². The monoisotopic (exact) mass is 480 g/mol. The second-order valence-corrected chi connectivity index (χ2v) is 9.29. The van der Waals surface area contributed by atoms with Gasteiger partial charge in [-0.15, -0.1) is 0 Å². The second kappa shape index (κ2) is 10.9. The van der Waals surface area contributed by atoms with Gasteiger partial charge in [-0.05, 0) is 41.5 Å². The first-order valence-corrected chi connectivity index (χ1v) is 12.1. The zero-order valence-corrected chi connectivity index (χ0v) is 19.9. The highest BCUT2D eigenvalue weighted by Crippen LogP contribution is 2.44. The van der Waals surface area contributed by atoms with Crippen LogP contribution in [-0.2, 0) is 19.1 Å². The normalized spacial score (nSPS) is 17.1. The molecule has 0 radical (unpaired) electrons. The number of aliphatic carboxylic acids is 1. The number of carbonyl (C=O) groups excluding carboxylic acids is 2. The highest BCUT2D eigenvalue weighted by Gasteiger charge is 2.37. The lowest BCUT2D eigenvalue weighted by molar-refractivity contribution is -0.140. The summed E-state index contributed by atoms with van der Waals surface area (Å²) in [5.41, 5.74) is 3.76. The van der Waals surface area contributed by atoms with Gasteiger partial charge in [0.1, 0.15) is 6.61 Å². The van der Waals surface area contributed by atoms with Crippen LogP contribution >= 0.6 is 0 Å². The third-order valence-electron chi connectivity index (χ3n) is 6.93. The van der Waals surface area contributed by atoms with Gasteiger partial charge in [0.15, 0.2) is 0 Å². The Hall–Kier alpha value is -3.39. The molecule has 1 aliphatic heterocycles.